The molecule has 1 aromatic rings. The first-order valence-electron chi connectivity index (χ1n) is 9.12. The molecule has 10 heteroatoms. The summed E-state index contributed by atoms with van der Waals surface area (Å²) in [5.41, 5.74) is 3.08. The summed E-state index contributed by atoms with van der Waals surface area (Å²) in [7, 11) is 0. The Morgan fingerprint density at radius 2 is 1.93 bits per heavy atom. The third kappa shape index (κ3) is 4.16. The number of imide groups is 1. The monoisotopic (exact) mass is 400 g/mol. The Bertz CT molecular complexity index is 861. The number of hydrogen-bond donors (Lipinski definition) is 3. The molecule has 146 valence electrons. The molecule has 0 saturated carbocycles. The van der Waals surface area contributed by atoms with Crippen molar-refractivity contribution in [3.05, 3.63) is 29.8 Å². The van der Waals surface area contributed by atoms with Crippen LogP contribution >= 0.6 is 11.8 Å². The molecule has 28 heavy (non-hydrogen) atoms. The number of rotatable bonds is 4. The number of nitrogens with zero attached hydrogens (tertiary/aromatic N) is 3. The van der Waals surface area contributed by atoms with Crippen molar-refractivity contribution in [2.45, 2.75) is 25.3 Å². The van der Waals surface area contributed by atoms with E-state index < -0.39 is 23.9 Å². The average molecular weight is 400 g/mol. The van der Waals surface area contributed by atoms with E-state index in [1.807, 2.05) is 12.1 Å². The van der Waals surface area contributed by atoms with Gasteiger partial charge in [0, 0.05) is 24.5 Å². The Hall–Kier alpha value is -2.88. The maximum Gasteiger partial charge on any atom is 0.322 e. The molecule has 2 fully saturated rings. The van der Waals surface area contributed by atoms with Crippen molar-refractivity contribution < 1.29 is 14.4 Å². The SMILES string of the molecule is O=C(CC1NC(=O)NC1=O)NC1=NN=C(c2ccc(N3CCCC3)cc2)CS1. The quantitative estimate of drug-likeness (QED) is 0.647. The minimum Gasteiger partial charge on any atom is -0.372 e. The summed E-state index contributed by atoms with van der Waals surface area (Å²) in [6.07, 6.45) is 2.34. The highest BCUT2D eigenvalue weighted by molar-refractivity contribution is 8.14. The van der Waals surface area contributed by atoms with Gasteiger partial charge in [0.1, 0.15) is 6.04 Å². The van der Waals surface area contributed by atoms with Crippen LogP contribution in [0.15, 0.2) is 34.5 Å². The summed E-state index contributed by atoms with van der Waals surface area (Å²) in [5, 5.41) is 15.8. The van der Waals surface area contributed by atoms with E-state index in [0.29, 0.717) is 10.9 Å². The zero-order valence-electron chi connectivity index (χ0n) is 15.1. The van der Waals surface area contributed by atoms with E-state index in [1.54, 1.807) is 0 Å². The molecule has 3 aliphatic rings. The summed E-state index contributed by atoms with van der Waals surface area (Å²) in [5.74, 6) is -0.318. The number of amidine groups is 1. The lowest BCUT2D eigenvalue weighted by molar-refractivity contribution is -0.125. The molecule has 3 heterocycles. The molecule has 3 aliphatic heterocycles. The van der Waals surface area contributed by atoms with Gasteiger partial charge in [-0.05, 0) is 30.5 Å². The van der Waals surface area contributed by atoms with E-state index in [9.17, 15) is 14.4 Å². The van der Waals surface area contributed by atoms with Gasteiger partial charge in [-0.25, -0.2) is 4.79 Å². The molecule has 9 nitrogen and oxygen atoms in total. The molecule has 1 unspecified atom stereocenters. The van der Waals surface area contributed by atoms with E-state index in [-0.39, 0.29) is 6.42 Å². The zero-order valence-corrected chi connectivity index (χ0v) is 15.9. The molecule has 3 N–H and O–H groups in total. The lowest BCUT2D eigenvalue weighted by Crippen LogP contribution is -2.38. The number of carbonyl (C=O) groups is 3. The minimum atomic E-state index is -0.852. The summed E-state index contributed by atoms with van der Waals surface area (Å²) < 4.78 is 0. The molecule has 1 aromatic carbocycles. The van der Waals surface area contributed by atoms with E-state index in [2.05, 4.69) is 43.2 Å². The highest BCUT2D eigenvalue weighted by Gasteiger charge is 2.31. The molecule has 1 atom stereocenters. The molecule has 0 aromatic heterocycles. The second-order valence-electron chi connectivity index (χ2n) is 6.75. The first-order valence-corrected chi connectivity index (χ1v) is 10.1. The van der Waals surface area contributed by atoms with Gasteiger partial charge >= 0.3 is 6.03 Å². The van der Waals surface area contributed by atoms with Crippen molar-refractivity contribution >= 4 is 46.2 Å². The number of anilines is 1. The van der Waals surface area contributed by atoms with Crippen LogP contribution in [-0.2, 0) is 9.59 Å². The maximum absolute atomic E-state index is 12.0. The molecule has 4 rings (SSSR count). The van der Waals surface area contributed by atoms with Crippen LogP contribution in [0.1, 0.15) is 24.8 Å². The molecule has 4 amide bonds. The van der Waals surface area contributed by atoms with Crippen LogP contribution < -0.4 is 20.9 Å². The van der Waals surface area contributed by atoms with Gasteiger partial charge in [-0.3, -0.25) is 14.9 Å². The topological polar surface area (TPSA) is 115 Å². The molecular formula is C18H20N6O3S. The Labute approximate surface area is 166 Å². The molecule has 0 radical (unpaired) electrons. The summed E-state index contributed by atoms with van der Waals surface area (Å²) in [6, 6.07) is 6.87. The molecule has 0 aliphatic carbocycles. The van der Waals surface area contributed by atoms with Crippen LogP contribution in [0.3, 0.4) is 0 Å². The highest BCUT2D eigenvalue weighted by atomic mass is 32.2. The van der Waals surface area contributed by atoms with Crippen molar-refractivity contribution in [3.63, 3.8) is 0 Å². The summed E-state index contributed by atoms with van der Waals surface area (Å²) in [6.45, 7) is 2.21. The standard InChI is InChI=1S/C18H20N6O3S/c25-15(9-13-16(26)21-17(27)19-13)20-18-23-22-14(10-28-18)11-3-5-12(6-4-11)24-7-1-2-8-24/h3-6,13H,1-2,7-10H2,(H,20,23,25)(H2,19,21,26,27). The largest absolute Gasteiger partial charge is 0.372 e. The van der Waals surface area contributed by atoms with Crippen LogP contribution in [-0.4, -0.2) is 53.6 Å². The second-order valence-corrected chi connectivity index (χ2v) is 7.71. The molecule has 0 spiro atoms. The first-order chi connectivity index (χ1) is 13.6. The zero-order chi connectivity index (χ0) is 19.5. The lowest BCUT2D eigenvalue weighted by atomic mass is 10.1. The third-order valence-corrected chi connectivity index (χ3v) is 5.65. The van der Waals surface area contributed by atoms with Crippen molar-refractivity contribution in [1.29, 1.82) is 0 Å². The van der Waals surface area contributed by atoms with Crippen molar-refractivity contribution in [2.24, 2.45) is 10.2 Å². The van der Waals surface area contributed by atoms with Crippen LogP contribution in [0.4, 0.5) is 10.5 Å². The third-order valence-electron chi connectivity index (χ3n) is 4.77. The van der Waals surface area contributed by atoms with E-state index >= 15 is 0 Å². The van der Waals surface area contributed by atoms with E-state index in [1.165, 1.54) is 30.3 Å². The molecule has 0 bridgehead atoms. The first kappa shape index (κ1) is 18.5. The van der Waals surface area contributed by atoms with Gasteiger partial charge in [-0.2, -0.15) is 5.10 Å². The van der Waals surface area contributed by atoms with Crippen molar-refractivity contribution in [2.75, 3.05) is 23.7 Å². The number of benzene rings is 1. The predicted octanol–water partition coefficient (Wildman–Crippen LogP) is 0.808. The number of nitrogens with one attached hydrogen (secondary N) is 3. The van der Waals surface area contributed by atoms with Gasteiger partial charge in [0.05, 0.1) is 12.1 Å². The van der Waals surface area contributed by atoms with Gasteiger partial charge in [0.15, 0.2) is 5.17 Å². The smallest absolute Gasteiger partial charge is 0.322 e. The Kier molecular flexibility index (Phi) is 5.29. The summed E-state index contributed by atoms with van der Waals surface area (Å²) >= 11 is 1.37. The van der Waals surface area contributed by atoms with Gasteiger partial charge in [-0.15, -0.1) is 5.10 Å². The number of thioether (sulfide) groups is 1. The van der Waals surface area contributed by atoms with Crippen molar-refractivity contribution in [1.82, 2.24) is 16.0 Å². The van der Waals surface area contributed by atoms with Crippen LogP contribution in [0.25, 0.3) is 0 Å². The van der Waals surface area contributed by atoms with Gasteiger partial charge in [0.25, 0.3) is 5.91 Å². The lowest BCUT2D eigenvalue weighted by Gasteiger charge is -2.18. The maximum atomic E-state index is 12.0. The van der Waals surface area contributed by atoms with Crippen LogP contribution in [0.2, 0.25) is 0 Å². The Morgan fingerprint density at radius 3 is 2.54 bits per heavy atom. The number of hydrogen-bond acceptors (Lipinski definition) is 7. The fourth-order valence-electron chi connectivity index (χ4n) is 3.30. The summed E-state index contributed by atoms with van der Waals surface area (Å²) in [4.78, 5) is 37.0. The van der Waals surface area contributed by atoms with Gasteiger partial charge < -0.3 is 15.5 Å². The normalized spacial score (nSPS) is 21.7. The highest BCUT2D eigenvalue weighted by Crippen LogP contribution is 2.22. The van der Waals surface area contributed by atoms with Gasteiger partial charge in [0.2, 0.25) is 5.91 Å². The molecule has 2 saturated heterocycles. The van der Waals surface area contributed by atoms with Crippen LogP contribution in [0.5, 0.6) is 0 Å². The molecular weight excluding hydrogens is 380 g/mol. The van der Waals surface area contributed by atoms with Crippen molar-refractivity contribution in [3.8, 4) is 0 Å². The Balaban J connectivity index is 1.34. The average Bonchev–Trinajstić information content (AvgIpc) is 3.33. The number of urea groups is 1. The second kappa shape index (κ2) is 8.01. The fourth-order valence-corrected chi connectivity index (χ4v) is 4.08. The van der Waals surface area contributed by atoms with Crippen LogP contribution in [0, 0.1) is 0 Å². The van der Waals surface area contributed by atoms with E-state index in [0.717, 1.165) is 24.4 Å². The minimum absolute atomic E-state index is 0.147. The van der Waals surface area contributed by atoms with Gasteiger partial charge in [-0.1, -0.05) is 23.9 Å². The predicted molar refractivity (Wildman–Crippen MR) is 108 cm³/mol. The van der Waals surface area contributed by atoms with E-state index in [4.69, 9.17) is 0 Å². The number of amides is 4. The fraction of sp³-hybridized carbons (Fsp3) is 0.389. The Morgan fingerprint density at radius 1 is 1.18 bits per heavy atom. The number of carbonyl (C=O) groups excluding carboxylic acids is 3.